The van der Waals surface area contributed by atoms with Gasteiger partial charge in [-0.1, -0.05) is 0 Å². The number of aryl methyl sites for hydroxylation is 3. The van der Waals surface area contributed by atoms with E-state index in [-0.39, 0.29) is 11.9 Å². The predicted octanol–water partition coefficient (Wildman–Crippen LogP) is 2.69. The Morgan fingerprint density at radius 3 is 2.42 bits per heavy atom. The number of hydrogen-bond donors (Lipinski definition) is 1. The molecule has 3 heterocycles. The van der Waals surface area contributed by atoms with E-state index >= 15 is 0 Å². The van der Waals surface area contributed by atoms with Crippen LogP contribution in [0.2, 0.25) is 0 Å². The Hall–Kier alpha value is -3.09. The van der Waals surface area contributed by atoms with E-state index in [4.69, 9.17) is 0 Å². The third kappa shape index (κ3) is 3.33. The highest BCUT2D eigenvalue weighted by Crippen LogP contribution is 2.20. The number of nitrogens with one attached hydrogen (secondary N) is 1. The largest absolute Gasteiger partial charge is 0.345 e. The summed E-state index contributed by atoms with van der Waals surface area (Å²) in [7, 11) is 1.83. The zero-order valence-corrected chi connectivity index (χ0v) is 15.6. The Morgan fingerprint density at radius 2 is 1.85 bits per heavy atom. The van der Waals surface area contributed by atoms with E-state index in [9.17, 15) is 4.79 Å². The summed E-state index contributed by atoms with van der Waals surface area (Å²) in [4.78, 5) is 25.7. The van der Waals surface area contributed by atoms with Gasteiger partial charge in [0, 0.05) is 48.2 Å². The summed E-state index contributed by atoms with van der Waals surface area (Å²) in [5, 5.41) is 7.33. The van der Waals surface area contributed by atoms with Gasteiger partial charge in [-0.05, 0) is 39.8 Å². The minimum Gasteiger partial charge on any atom is -0.345 e. The van der Waals surface area contributed by atoms with Crippen molar-refractivity contribution in [2.75, 3.05) is 0 Å². The number of carbonyl (C=O) groups is 1. The van der Waals surface area contributed by atoms with Crippen molar-refractivity contribution in [2.24, 2.45) is 7.05 Å². The summed E-state index contributed by atoms with van der Waals surface area (Å²) in [5.74, 6) is 0.504. The van der Waals surface area contributed by atoms with E-state index in [0.29, 0.717) is 11.4 Å². The van der Waals surface area contributed by atoms with Crippen LogP contribution in [0, 0.1) is 20.8 Å². The summed E-state index contributed by atoms with van der Waals surface area (Å²) in [5.41, 5.74) is 4.80. The molecule has 0 aliphatic carbocycles. The number of hydrogen-bond acceptors (Lipinski definition) is 5. The fourth-order valence-corrected chi connectivity index (χ4v) is 2.99. The van der Waals surface area contributed by atoms with E-state index in [1.54, 1.807) is 23.3 Å². The second-order valence-corrected chi connectivity index (χ2v) is 6.33. The molecule has 0 spiro atoms. The Balaban J connectivity index is 1.82. The van der Waals surface area contributed by atoms with Gasteiger partial charge in [0.2, 0.25) is 0 Å². The van der Waals surface area contributed by atoms with Crippen LogP contribution >= 0.6 is 0 Å². The molecule has 3 aromatic heterocycles. The van der Waals surface area contributed by atoms with Crippen molar-refractivity contribution >= 4 is 5.91 Å². The third-order valence-electron chi connectivity index (χ3n) is 4.51. The van der Waals surface area contributed by atoms with Crippen LogP contribution in [-0.4, -0.2) is 30.6 Å². The molecule has 26 heavy (non-hydrogen) atoms. The van der Waals surface area contributed by atoms with Crippen molar-refractivity contribution in [2.45, 2.75) is 33.7 Å². The van der Waals surface area contributed by atoms with E-state index in [1.165, 1.54) is 0 Å². The highest BCUT2D eigenvalue weighted by atomic mass is 16.1. The molecule has 1 unspecified atom stereocenters. The molecule has 3 aromatic rings. The molecule has 7 heteroatoms. The Labute approximate surface area is 152 Å². The number of carbonyl (C=O) groups excluding carboxylic acids is 1. The highest BCUT2D eigenvalue weighted by molar-refractivity contribution is 5.96. The van der Waals surface area contributed by atoms with Crippen LogP contribution in [0.3, 0.4) is 0 Å². The van der Waals surface area contributed by atoms with E-state index in [1.807, 2.05) is 46.9 Å². The first kappa shape index (κ1) is 17.7. The molecule has 0 radical (unpaired) electrons. The molecule has 1 amide bonds. The fraction of sp³-hybridized carbons (Fsp3) is 0.316. The maximum absolute atomic E-state index is 12.7. The topological polar surface area (TPSA) is 85.6 Å². The van der Waals surface area contributed by atoms with Crippen LogP contribution < -0.4 is 5.32 Å². The molecule has 0 aromatic carbocycles. The molecule has 0 saturated heterocycles. The molecular formula is C19H22N6O. The first-order chi connectivity index (χ1) is 12.4. The van der Waals surface area contributed by atoms with E-state index < -0.39 is 0 Å². The molecule has 0 bridgehead atoms. The molecule has 7 nitrogen and oxygen atoms in total. The van der Waals surface area contributed by atoms with Gasteiger partial charge in [-0.3, -0.25) is 14.5 Å². The van der Waals surface area contributed by atoms with Gasteiger partial charge in [-0.2, -0.15) is 5.10 Å². The maximum atomic E-state index is 12.7. The van der Waals surface area contributed by atoms with Gasteiger partial charge >= 0.3 is 0 Å². The van der Waals surface area contributed by atoms with Crippen LogP contribution in [0.25, 0.3) is 11.4 Å². The van der Waals surface area contributed by atoms with E-state index in [0.717, 1.165) is 28.2 Å². The fourth-order valence-electron chi connectivity index (χ4n) is 2.99. The van der Waals surface area contributed by atoms with Gasteiger partial charge in [-0.25, -0.2) is 9.97 Å². The molecule has 1 atom stereocenters. The van der Waals surface area contributed by atoms with Crippen LogP contribution in [0.1, 0.15) is 46.0 Å². The van der Waals surface area contributed by atoms with Gasteiger partial charge in [0.15, 0.2) is 5.82 Å². The van der Waals surface area contributed by atoms with Gasteiger partial charge in [-0.15, -0.1) is 0 Å². The Morgan fingerprint density at radius 1 is 1.15 bits per heavy atom. The van der Waals surface area contributed by atoms with E-state index in [2.05, 4.69) is 25.4 Å². The molecule has 0 aliphatic heterocycles. The minimum atomic E-state index is -0.215. The minimum absolute atomic E-state index is 0.141. The maximum Gasteiger partial charge on any atom is 0.255 e. The normalized spacial score (nSPS) is 12.0. The first-order valence-electron chi connectivity index (χ1n) is 8.43. The smallest absolute Gasteiger partial charge is 0.255 e. The zero-order valence-electron chi connectivity index (χ0n) is 15.6. The molecule has 0 fully saturated rings. The zero-order chi connectivity index (χ0) is 18.8. The summed E-state index contributed by atoms with van der Waals surface area (Å²) >= 11 is 0. The van der Waals surface area contributed by atoms with Gasteiger partial charge in [0.25, 0.3) is 5.91 Å². The quantitative estimate of drug-likeness (QED) is 0.782. The van der Waals surface area contributed by atoms with Gasteiger partial charge in [0.1, 0.15) is 0 Å². The highest BCUT2D eigenvalue weighted by Gasteiger charge is 2.20. The van der Waals surface area contributed by atoms with Crippen molar-refractivity contribution in [1.82, 2.24) is 30.0 Å². The van der Waals surface area contributed by atoms with Crippen LogP contribution in [0.15, 0.2) is 30.7 Å². The Bertz CT molecular complexity index is 948. The molecule has 3 rings (SSSR count). The van der Waals surface area contributed by atoms with Crippen molar-refractivity contribution in [1.29, 1.82) is 0 Å². The van der Waals surface area contributed by atoms with Crippen LogP contribution in [-0.2, 0) is 7.05 Å². The first-order valence-corrected chi connectivity index (χ1v) is 8.43. The summed E-state index contributed by atoms with van der Waals surface area (Å²) < 4.78 is 1.72. The summed E-state index contributed by atoms with van der Waals surface area (Å²) in [6, 6.07) is 3.52. The van der Waals surface area contributed by atoms with Crippen molar-refractivity contribution in [3.63, 3.8) is 0 Å². The van der Waals surface area contributed by atoms with Crippen molar-refractivity contribution in [3.8, 4) is 11.4 Å². The SMILES string of the molecule is Cc1nc(-c2ccncc2)ncc1C(C)NC(=O)c1c(C)nn(C)c1C. The monoisotopic (exact) mass is 350 g/mol. The summed E-state index contributed by atoms with van der Waals surface area (Å²) in [6.07, 6.45) is 5.19. The second-order valence-electron chi connectivity index (χ2n) is 6.33. The number of aromatic nitrogens is 5. The molecule has 1 N–H and O–H groups in total. The number of pyridine rings is 1. The lowest BCUT2D eigenvalue weighted by atomic mass is 10.1. The molecule has 0 aliphatic rings. The average molecular weight is 350 g/mol. The van der Waals surface area contributed by atoms with Gasteiger partial charge in [0.05, 0.1) is 17.3 Å². The van der Waals surface area contributed by atoms with Crippen LogP contribution in [0.5, 0.6) is 0 Å². The number of amides is 1. The Kier molecular flexibility index (Phi) is 4.79. The molecule has 0 saturated carbocycles. The third-order valence-corrected chi connectivity index (χ3v) is 4.51. The number of rotatable bonds is 4. The lowest BCUT2D eigenvalue weighted by Gasteiger charge is -2.16. The average Bonchev–Trinajstić information content (AvgIpc) is 2.87. The number of nitrogens with zero attached hydrogens (tertiary/aromatic N) is 5. The summed E-state index contributed by atoms with van der Waals surface area (Å²) in [6.45, 7) is 7.57. The standard InChI is InChI=1S/C19H22N6O/c1-11-16(10-21-18(22-11)15-6-8-20-9-7-15)12(2)23-19(26)17-13(3)24-25(5)14(17)4/h6-10,12H,1-5H3,(H,23,26). The van der Waals surface area contributed by atoms with Crippen LogP contribution in [0.4, 0.5) is 0 Å². The predicted molar refractivity (Wildman–Crippen MR) is 98.6 cm³/mol. The molecular weight excluding hydrogens is 328 g/mol. The molecule has 134 valence electrons. The lowest BCUT2D eigenvalue weighted by Crippen LogP contribution is -2.28. The second kappa shape index (κ2) is 7.03. The lowest BCUT2D eigenvalue weighted by molar-refractivity contribution is 0.0938. The van der Waals surface area contributed by atoms with Crippen molar-refractivity contribution < 1.29 is 4.79 Å². The van der Waals surface area contributed by atoms with Gasteiger partial charge < -0.3 is 5.32 Å². The van der Waals surface area contributed by atoms with Crippen molar-refractivity contribution in [3.05, 3.63) is 58.9 Å².